The second kappa shape index (κ2) is 6.75. The first-order valence-electron chi connectivity index (χ1n) is 6.28. The molecule has 0 fully saturated rings. The fraction of sp³-hybridized carbons (Fsp3) is 0.231. The molecule has 1 heterocycles. The van der Waals surface area contributed by atoms with Crippen LogP contribution in [0, 0.1) is 0 Å². The zero-order chi connectivity index (χ0) is 17.1. The zero-order valence-electron chi connectivity index (χ0n) is 11.7. The molecule has 0 amide bonds. The Morgan fingerprint density at radius 2 is 1.83 bits per heavy atom. The Hall–Kier alpha value is -1.81. The van der Waals surface area contributed by atoms with Crippen LogP contribution in [-0.2, 0) is 9.84 Å². The van der Waals surface area contributed by atoms with E-state index >= 15 is 0 Å². The van der Waals surface area contributed by atoms with Crippen molar-refractivity contribution in [2.75, 3.05) is 6.61 Å². The smallest absolute Gasteiger partial charge is 0.478 e. The summed E-state index contributed by atoms with van der Waals surface area (Å²) in [6.07, 6.45) is 1.30. The van der Waals surface area contributed by atoms with Gasteiger partial charge in [0.05, 0.1) is 11.5 Å². The molecule has 2 rings (SSSR count). The minimum atomic E-state index is -5.33. The van der Waals surface area contributed by atoms with E-state index in [1.165, 1.54) is 18.5 Å². The van der Waals surface area contributed by atoms with Crippen LogP contribution in [0.2, 0.25) is 0 Å². The minimum Gasteiger partial charge on any atom is -0.478 e. The van der Waals surface area contributed by atoms with Gasteiger partial charge in [-0.1, -0.05) is 11.8 Å². The van der Waals surface area contributed by atoms with E-state index in [-0.39, 0.29) is 0 Å². The predicted molar refractivity (Wildman–Crippen MR) is 77.0 cm³/mol. The molecule has 0 bridgehead atoms. The molecule has 0 aliphatic carbocycles. The Morgan fingerprint density at radius 3 is 2.39 bits per heavy atom. The topological polar surface area (TPSA) is 69.2 Å². The summed E-state index contributed by atoms with van der Waals surface area (Å²) in [5, 5.41) is 0.523. The van der Waals surface area contributed by atoms with Gasteiger partial charge >= 0.3 is 5.51 Å². The van der Waals surface area contributed by atoms with E-state index in [1.54, 1.807) is 13.0 Å². The SMILES string of the molecule is CCOc1cc(Sc2ccc(S(=O)(=O)C(F)(F)F)cc2)ncn1. The molecule has 0 radical (unpaired) electrons. The maximum atomic E-state index is 12.5. The Bertz CT molecular complexity index is 778. The van der Waals surface area contributed by atoms with Gasteiger partial charge in [0.2, 0.25) is 5.88 Å². The van der Waals surface area contributed by atoms with Crippen molar-refractivity contribution >= 4 is 21.6 Å². The van der Waals surface area contributed by atoms with E-state index in [0.717, 1.165) is 23.9 Å². The van der Waals surface area contributed by atoms with Crippen LogP contribution in [-0.4, -0.2) is 30.5 Å². The molecule has 0 aliphatic rings. The van der Waals surface area contributed by atoms with Crippen LogP contribution in [0.1, 0.15) is 6.92 Å². The number of hydrogen-bond acceptors (Lipinski definition) is 6. The van der Waals surface area contributed by atoms with Gasteiger partial charge in [-0.3, -0.25) is 0 Å². The van der Waals surface area contributed by atoms with Crippen LogP contribution in [0.5, 0.6) is 5.88 Å². The third-order valence-corrected chi connectivity index (χ3v) is 5.01. The second-order valence-electron chi connectivity index (χ2n) is 4.15. The molecule has 124 valence electrons. The van der Waals surface area contributed by atoms with Crippen molar-refractivity contribution in [1.82, 2.24) is 9.97 Å². The highest BCUT2D eigenvalue weighted by Crippen LogP contribution is 2.32. The Morgan fingerprint density at radius 1 is 1.17 bits per heavy atom. The van der Waals surface area contributed by atoms with Crippen molar-refractivity contribution in [2.24, 2.45) is 0 Å². The van der Waals surface area contributed by atoms with Crippen LogP contribution < -0.4 is 4.74 Å². The molecule has 1 aromatic carbocycles. The van der Waals surface area contributed by atoms with Gasteiger partial charge in [0.15, 0.2) is 0 Å². The number of rotatable bonds is 5. The van der Waals surface area contributed by atoms with Gasteiger partial charge in [0, 0.05) is 11.0 Å². The highest BCUT2D eigenvalue weighted by atomic mass is 32.2. The largest absolute Gasteiger partial charge is 0.501 e. The second-order valence-corrected chi connectivity index (χ2v) is 7.19. The average Bonchev–Trinajstić information content (AvgIpc) is 2.47. The zero-order valence-corrected chi connectivity index (χ0v) is 13.4. The molecule has 0 N–H and O–H groups in total. The summed E-state index contributed by atoms with van der Waals surface area (Å²) in [4.78, 5) is 7.63. The fourth-order valence-corrected chi connectivity index (χ4v) is 3.08. The monoisotopic (exact) mass is 364 g/mol. The van der Waals surface area contributed by atoms with Crippen molar-refractivity contribution in [1.29, 1.82) is 0 Å². The number of hydrogen-bond donors (Lipinski definition) is 0. The molecule has 10 heteroatoms. The maximum absolute atomic E-state index is 12.5. The molecular formula is C13H11F3N2O3S2. The van der Waals surface area contributed by atoms with Gasteiger partial charge < -0.3 is 4.74 Å². The van der Waals surface area contributed by atoms with E-state index in [9.17, 15) is 21.6 Å². The van der Waals surface area contributed by atoms with Gasteiger partial charge in [-0.05, 0) is 31.2 Å². The molecule has 0 saturated heterocycles. The summed E-state index contributed by atoms with van der Waals surface area (Å²) in [7, 11) is -5.33. The molecule has 1 aromatic heterocycles. The highest BCUT2D eigenvalue weighted by Gasteiger charge is 2.46. The van der Waals surface area contributed by atoms with Crippen LogP contribution >= 0.6 is 11.8 Å². The molecule has 0 spiro atoms. The predicted octanol–water partition coefficient (Wildman–Crippen LogP) is 3.32. The Kier molecular flexibility index (Phi) is 5.15. The number of nitrogens with zero attached hydrogens (tertiary/aromatic N) is 2. The first-order chi connectivity index (χ1) is 10.7. The van der Waals surface area contributed by atoms with E-state index < -0.39 is 20.2 Å². The molecule has 5 nitrogen and oxygen atoms in total. The lowest BCUT2D eigenvalue weighted by Gasteiger charge is -2.08. The summed E-state index contributed by atoms with van der Waals surface area (Å²) in [5.41, 5.74) is -5.32. The third-order valence-electron chi connectivity index (χ3n) is 2.57. The first-order valence-corrected chi connectivity index (χ1v) is 8.58. The van der Waals surface area contributed by atoms with Crippen LogP contribution in [0.15, 0.2) is 51.5 Å². The molecule has 23 heavy (non-hydrogen) atoms. The van der Waals surface area contributed by atoms with Crippen LogP contribution in [0.25, 0.3) is 0 Å². The number of aromatic nitrogens is 2. The Balaban J connectivity index is 2.19. The molecule has 0 saturated carbocycles. The quantitative estimate of drug-likeness (QED) is 0.758. The first kappa shape index (κ1) is 17.5. The molecular weight excluding hydrogens is 353 g/mol. The molecule has 0 aliphatic heterocycles. The summed E-state index contributed by atoms with van der Waals surface area (Å²) in [6, 6.07) is 5.97. The summed E-state index contributed by atoms with van der Waals surface area (Å²) in [6.45, 7) is 2.24. The van der Waals surface area contributed by atoms with Gasteiger partial charge in [-0.2, -0.15) is 13.2 Å². The number of alkyl halides is 3. The van der Waals surface area contributed by atoms with Crippen LogP contribution in [0.3, 0.4) is 0 Å². The maximum Gasteiger partial charge on any atom is 0.501 e. The van der Waals surface area contributed by atoms with Gasteiger partial charge in [-0.25, -0.2) is 18.4 Å². The summed E-state index contributed by atoms with van der Waals surface area (Å²) in [5.74, 6) is 0.376. The van der Waals surface area contributed by atoms with Crippen molar-refractivity contribution in [3.05, 3.63) is 36.7 Å². The Labute approximate surface area is 134 Å². The number of sulfone groups is 1. The van der Waals surface area contributed by atoms with Crippen molar-refractivity contribution < 1.29 is 26.3 Å². The third kappa shape index (κ3) is 4.14. The fourth-order valence-electron chi connectivity index (χ4n) is 1.55. The molecule has 0 unspecified atom stereocenters. The van der Waals surface area contributed by atoms with E-state index in [1.807, 2.05) is 0 Å². The lowest BCUT2D eigenvalue weighted by atomic mass is 10.4. The van der Waals surface area contributed by atoms with E-state index in [4.69, 9.17) is 4.74 Å². The van der Waals surface area contributed by atoms with Gasteiger partial charge in [0.1, 0.15) is 11.4 Å². The summed E-state index contributed by atoms with van der Waals surface area (Å²) < 4.78 is 65.1. The summed E-state index contributed by atoms with van der Waals surface area (Å²) >= 11 is 1.15. The lowest BCUT2D eigenvalue weighted by molar-refractivity contribution is -0.0436. The van der Waals surface area contributed by atoms with E-state index in [2.05, 4.69) is 9.97 Å². The van der Waals surface area contributed by atoms with Crippen molar-refractivity contribution in [2.45, 2.75) is 27.2 Å². The lowest BCUT2D eigenvalue weighted by Crippen LogP contribution is -2.23. The standard InChI is InChI=1S/C13H11F3N2O3S2/c1-2-21-11-7-12(18-8-17-11)22-9-3-5-10(6-4-9)23(19,20)13(14,15)16/h3-8H,2H2,1H3. The molecule has 2 aromatic rings. The number of halogens is 3. The molecule has 0 atom stereocenters. The minimum absolute atomic E-state index is 0.376. The average molecular weight is 364 g/mol. The van der Waals surface area contributed by atoms with Crippen molar-refractivity contribution in [3.63, 3.8) is 0 Å². The number of ether oxygens (including phenoxy) is 1. The van der Waals surface area contributed by atoms with Gasteiger partial charge in [0.25, 0.3) is 9.84 Å². The number of benzene rings is 1. The normalized spacial score (nSPS) is 12.2. The van der Waals surface area contributed by atoms with E-state index in [0.29, 0.717) is 22.4 Å². The highest BCUT2D eigenvalue weighted by molar-refractivity contribution is 7.99. The van der Waals surface area contributed by atoms with Gasteiger partial charge in [-0.15, -0.1) is 0 Å². The van der Waals surface area contributed by atoms with Crippen molar-refractivity contribution in [3.8, 4) is 5.88 Å². The van der Waals surface area contributed by atoms with Crippen LogP contribution in [0.4, 0.5) is 13.2 Å².